The molecule has 0 bridgehead atoms. The Balaban J connectivity index is 1.87. The summed E-state index contributed by atoms with van der Waals surface area (Å²) in [4.78, 5) is 0.370. The van der Waals surface area contributed by atoms with Gasteiger partial charge in [0.2, 0.25) is 10.0 Å². The van der Waals surface area contributed by atoms with E-state index < -0.39 is 10.0 Å². The summed E-state index contributed by atoms with van der Waals surface area (Å²) >= 11 is 0. The minimum Gasteiger partial charge on any atom is -0.379 e. The largest absolute Gasteiger partial charge is 0.379 e. The highest BCUT2D eigenvalue weighted by atomic mass is 32.2. The van der Waals surface area contributed by atoms with Crippen LogP contribution in [0.15, 0.2) is 29.2 Å². The maximum atomic E-state index is 12.3. The zero-order chi connectivity index (χ0) is 13.5. The number of anilines is 1. The van der Waals surface area contributed by atoms with Gasteiger partial charge in [0.15, 0.2) is 0 Å². The second-order valence-electron chi connectivity index (χ2n) is 5.93. The van der Waals surface area contributed by atoms with Crippen LogP contribution in [0.25, 0.3) is 0 Å². The average Bonchev–Trinajstić information content (AvgIpc) is 3.11. The first kappa shape index (κ1) is 12.9. The van der Waals surface area contributed by atoms with Crippen LogP contribution in [0, 0.1) is 0 Å². The molecule has 3 rings (SSSR count). The molecule has 19 heavy (non-hydrogen) atoms. The molecule has 104 valence electrons. The van der Waals surface area contributed by atoms with Crippen molar-refractivity contribution in [1.29, 1.82) is 0 Å². The van der Waals surface area contributed by atoms with Crippen molar-refractivity contribution in [2.75, 3.05) is 5.32 Å². The molecule has 0 aromatic heterocycles. The highest BCUT2D eigenvalue weighted by Gasteiger charge is 2.34. The van der Waals surface area contributed by atoms with Gasteiger partial charge in [-0.2, -0.15) is 0 Å². The third kappa shape index (κ3) is 2.77. The highest BCUT2D eigenvalue weighted by molar-refractivity contribution is 7.89. The van der Waals surface area contributed by atoms with Gasteiger partial charge in [-0.3, -0.25) is 0 Å². The molecule has 5 heteroatoms. The fraction of sp³-hybridized carbons (Fsp3) is 0.571. The molecule has 0 saturated heterocycles. The molecule has 0 spiro atoms. The lowest BCUT2D eigenvalue weighted by atomic mass is 9.78. The number of hydrogen-bond donors (Lipinski definition) is 2. The first-order valence-corrected chi connectivity index (χ1v) is 8.36. The number of benzene rings is 1. The van der Waals surface area contributed by atoms with Gasteiger partial charge in [0, 0.05) is 11.6 Å². The van der Waals surface area contributed by atoms with Crippen LogP contribution in [0.5, 0.6) is 0 Å². The molecule has 2 aliphatic carbocycles. The quantitative estimate of drug-likeness (QED) is 0.871. The maximum Gasteiger partial charge on any atom is 0.242 e. The number of rotatable bonds is 5. The molecule has 2 N–H and O–H groups in total. The van der Waals surface area contributed by atoms with E-state index >= 15 is 0 Å². The predicted octanol–water partition coefficient (Wildman–Crippen LogP) is 2.48. The zero-order valence-electron chi connectivity index (χ0n) is 11.1. The lowest BCUT2D eigenvalue weighted by Gasteiger charge is -2.40. The Hall–Kier alpha value is -1.07. The first-order valence-electron chi connectivity index (χ1n) is 6.88. The van der Waals surface area contributed by atoms with Crippen LogP contribution in [0.1, 0.15) is 39.0 Å². The molecule has 2 fully saturated rings. The van der Waals surface area contributed by atoms with Crippen molar-refractivity contribution in [3.8, 4) is 0 Å². The van der Waals surface area contributed by atoms with E-state index in [9.17, 15) is 8.42 Å². The molecule has 0 amide bonds. The molecule has 0 atom stereocenters. The fourth-order valence-electron chi connectivity index (χ4n) is 2.45. The summed E-state index contributed by atoms with van der Waals surface area (Å²) in [5.41, 5.74) is 0.767. The van der Waals surface area contributed by atoms with Crippen LogP contribution < -0.4 is 10.0 Å². The van der Waals surface area contributed by atoms with Crippen molar-refractivity contribution in [1.82, 2.24) is 4.72 Å². The summed E-state index contributed by atoms with van der Waals surface area (Å²) in [7, 11) is -3.40. The summed E-state index contributed by atoms with van der Waals surface area (Å²) in [6.45, 7) is 2.15. The third-order valence-corrected chi connectivity index (χ3v) is 5.55. The molecular formula is C14H20N2O2S. The monoisotopic (exact) mass is 280 g/mol. The molecular weight excluding hydrogens is 260 g/mol. The second kappa shape index (κ2) is 4.49. The Kier molecular flexibility index (Phi) is 3.06. The Morgan fingerprint density at radius 2 is 1.89 bits per heavy atom. The minimum absolute atomic E-state index is 0.0468. The molecule has 0 unspecified atom stereocenters. The number of sulfonamides is 1. The van der Waals surface area contributed by atoms with Crippen molar-refractivity contribution in [3.05, 3.63) is 24.3 Å². The van der Waals surface area contributed by atoms with Crippen LogP contribution in [-0.4, -0.2) is 20.0 Å². The molecule has 0 aliphatic heterocycles. The topological polar surface area (TPSA) is 58.2 Å². The molecule has 2 saturated carbocycles. The smallest absolute Gasteiger partial charge is 0.242 e. The van der Waals surface area contributed by atoms with Crippen LogP contribution in [0.2, 0.25) is 0 Å². The minimum atomic E-state index is -3.40. The Morgan fingerprint density at radius 3 is 2.47 bits per heavy atom. The van der Waals surface area contributed by atoms with Crippen LogP contribution in [-0.2, 0) is 10.0 Å². The second-order valence-corrected chi connectivity index (χ2v) is 7.61. The van der Waals surface area contributed by atoms with Gasteiger partial charge in [-0.25, -0.2) is 13.1 Å². The maximum absolute atomic E-state index is 12.3. The van der Waals surface area contributed by atoms with Crippen molar-refractivity contribution < 1.29 is 8.42 Å². The fourth-order valence-corrected chi connectivity index (χ4v) is 3.91. The SMILES string of the molecule is CC1(Nc2ccccc2S(=O)(=O)NC2CC2)CCC1. The summed E-state index contributed by atoms with van der Waals surface area (Å²) in [6, 6.07) is 7.31. The van der Waals surface area contributed by atoms with E-state index in [0.717, 1.165) is 31.4 Å². The highest BCUT2D eigenvalue weighted by Crippen LogP contribution is 2.36. The lowest BCUT2D eigenvalue weighted by Crippen LogP contribution is -2.42. The summed E-state index contributed by atoms with van der Waals surface area (Å²) in [5.74, 6) is 0. The summed E-state index contributed by atoms with van der Waals surface area (Å²) < 4.78 is 27.4. The van der Waals surface area contributed by atoms with Gasteiger partial charge >= 0.3 is 0 Å². The molecule has 2 aliphatic rings. The van der Waals surface area contributed by atoms with E-state index in [4.69, 9.17) is 0 Å². The molecule has 1 aromatic rings. The van der Waals surface area contributed by atoms with Gasteiger partial charge in [0.05, 0.1) is 5.69 Å². The van der Waals surface area contributed by atoms with E-state index in [1.165, 1.54) is 6.42 Å². The summed E-state index contributed by atoms with van der Waals surface area (Å²) in [6.07, 6.45) is 5.30. The van der Waals surface area contributed by atoms with Crippen LogP contribution in [0.3, 0.4) is 0 Å². The number of hydrogen-bond acceptors (Lipinski definition) is 3. The van der Waals surface area contributed by atoms with Gasteiger partial charge in [-0.05, 0) is 51.2 Å². The first-order chi connectivity index (χ1) is 8.99. The van der Waals surface area contributed by atoms with Gasteiger partial charge in [-0.1, -0.05) is 12.1 Å². The average molecular weight is 280 g/mol. The van der Waals surface area contributed by atoms with Crippen molar-refractivity contribution >= 4 is 15.7 Å². The Bertz CT molecular complexity index is 575. The molecule has 0 radical (unpaired) electrons. The molecule has 1 aromatic carbocycles. The molecule has 4 nitrogen and oxygen atoms in total. The van der Waals surface area contributed by atoms with E-state index in [-0.39, 0.29) is 11.6 Å². The van der Waals surface area contributed by atoms with Gasteiger partial charge in [0.1, 0.15) is 4.90 Å². The van der Waals surface area contributed by atoms with E-state index in [1.54, 1.807) is 12.1 Å². The third-order valence-electron chi connectivity index (χ3n) is 3.97. The van der Waals surface area contributed by atoms with Crippen molar-refractivity contribution in [2.24, 2.45) is 0 Å². The normalized spacial score (nSPS) is 21.7. The van der Waals surface area contributed by atoms with E-state index in [1.807, 2.05) is 12.1 Å². The van der Waals surface area contributed by atoms with E-state index in [2.05, 4.69) is 17.0 Å². The van der Waals surface area contributed by atoms with Crippen molar-refractivity contribution in [3.63, 3.8) is 0 Å². The molecule has 0 heterocycles. The predicted molar refractivity (Wildman–Crippen MR) is 75.7 cm³/mol. The van der Waals surface area contributed by atoms with E-state index in [0.29, 0.717) is 4.90 Å². The lowest BCUT2D eigenvalue weighted by molar-refractivity contribution is 0.306. The number of para-hydroxylation sites is 1. The summed E-state index contributed by atoms with van der Waals surface area (Å²) in [5, 5.41) is 3.40. The zero-order valence-corrected chi connectivity index (χ0v) is 12.0. The van der Waals surface area contributed by atoms with Gasteiger partial charge in [-0.15, -0.1) is 0 Å². The Morgan fingerprint density at radius 1 is 1.21 bits per heavy atom. The van der Waals surface area contributed by atoms with Gasteiger partial charge in [0.25, 0.3) is 0 Å². The van der Waals surface area contributed by atoms with Gasteiger partial charge < -0.3 is 5.32 Å². The van der Waals surface area contributed by atoms with Crippen LogP contribution >= 0.6 is 0 Å². The number of nitrogens with one attached hydrogen (secondary N) is 2. The van der Waals surface area contributed by atoms with Crippen molar-refractivity contribution in [2.45, 2.75) is 55.5 Å². The Labute approximate surface area is 114 Å². The van der Waals surface area contributed by atoms with Crippen LogP contribution in [0.4, 0.5) is 5.69 Å². The standard InChI is InChI=1S/C14H20N2O2S/c1-14(9-4-10-14)15-12-5-2-3-6-13(12)19(17,18)16-11-7-8-11/h2-3,5-6,11,15-16H,4,7-10H2,1H3.